The Hall–Kier alpha value is -2.41. The quantitative estimate of drug-likeness (QED) is 0.868. The highest BCUT2D eigenvalue weighted by atomic mass is 15.0. The van der Waals surface area contributed by atoms with E-state index in [4.69, 9.17) is 5.26 Å². The third kappa shape index (κ3) is 3.02. The van der Waals surface area contributed by atoms with Gasteiger partial charge in [0.1, 0.15) is 17.6 Å². The maximum Gasteiger partial charge on any atom is 0.142 e. The highest BCUT2D eigenvalue weighted by Crippen LogP contribution is 2.06. The first kappa shape index (κ1) is 11.1. The molecule has 2 rings (SSSR count). The van der Waals surface area contributed by atoms with Crippen LogP contribution in [0, 0.1) is 18.3 Å². The zero-order chi connectivity index (χ0) is 12.1. The SMILES string of the molecule is Cc1cccc(CNc2cccc(C#N)n2)n1. The van der Waals surface area contributed by atoms with Crippen LogP contribution in [0.15, 0.2) is 36.4 Å². The summed E-state index contributed by atoms with van der Waals surface area (Å²) in [5, 5.41) is 11.9. The van der Waals surface area contributed by atoms with Crippen molar-refractivity contribution in [2.45, 2.75) is 13.5 Å². The predicted molar refractivity (Wildman–Crippen MR) is 65.3 cm³/mol. The number of aryl methyl sites for hydroxylation is 1. The van der Waals surface area contributed by atoms with Crippen molar-refractivity contribution in [3.63, 3.8) is 0 Å². The minimum Gasteiger partial charge on any atom is -0.364 e. The molecule has 0 atom stereocenters. The fraction of sp³-hybridized carbons (Fsp3) is 0.154. The molecule has 2 heterocycles. The summed E-state index contributed by atoms with van der Waals surface area (Å²) in [4.78, 5) is 8.50. The van der Waals surface area contributed by atoms with Gasteiger partial charge in [-0.3, -0.25) is 4.98 Å². The van der Waals surface area contributed by atoms with Crippen molar-refractivity contribution in [3.05, 3.63) is 53.5 Å². The molecule has 0 fully saturated rings. The zero-order valence-corrected chi connectivity index (χ0v) is 9.51. The molecular formula is C13H12N4. The van der Waals surface area contributed by atoms with Crippen LogP contribution < -0.4 is 5.32 Å². The molecule has 4 heteroatoms. The molecule has 0 amide bonds. The molecular weight excluding hydrogens is 212 g/mol. The van der Waals surface area contributed by atoms with Crippen molar-refractivity contribution in [1.82, 2.24) is 9.97 Å². The van der Waals surface area contributed by atoms with E-state index in [1.165, 1.54) is 0 Å². The Morgan fingerprint density at radius 3 is 2.76 bits per heavy atom. The lowest BCUT2D eigenvalue weighted by atomic mass is 10.3. The van der Waals surface area contributed by atoms with Crippen molar-refractivity contribution in [2.75, 3.05) is 5.32 Å². The van der Waals surface area contributed by atoms with Crippen LogP contribution >= 0.6 is 0 Å². The van der Waals surface area contributed by atoms with Crippen molar-refractivity contribution in [1.29, 1.82) is 5.26 Å². The molecule has 0 aromatic carbocycles. The molecule has 0 aliphatic heterocycles. The van der Waals surface area contributed by atoms with Gasteiger partial charge in [-0.15, -0.1) is 0 Å². The lowest BCUT2D eigenvalue weighted by molar-refractivity contribution is 1.00. The highest BCUT2D eigenvalue weighted by Gasteiger charge is 1.98. The Balaban J connectivity index is 2.05. The van der Waals surface area contributed by atoms with Gasteiger partial charge in [0.15, 0.2) is 0 Å². The molecule has 2 aromatic rings. The van der Waals surface area contributed by atoms with Crippen LogP contribution in [0.2, 0.25) is 0 Å². The molecule has 0 radical (unpaired) electrons. The first-order chi connectivity index (χ1) is 8.28. The lowest BCUT2D eigenvalue weighted by Gasteiger charge is -2.05. The average Bonchev–Trinajstić information content (AvgIpc) is 2.37. The van der Waals surface area contributed by atoms with Crippen LogP contribution in [0.4, 0.5) is 5.82 Å². The number of pyridine rings is 2. The van der Waals surface area contributed by atoms with Gasteiger partial charge in [0.2, 0.25) is 0 Å². The van der Waals surface area contributed by atoms with Gasteiger partial charge in [-0.25, -0.2) is 4.98 Å². The van der Waals surface area contributed by atoms with E-state index in [1.807, 2.05) is 37.3 Å². The van der Waals surface area contributed by atoms with Crippen molar-refractivity contribution in [2.24, 2.45) is 0 Å². The smallest absolute Gasteiger partial charge is 0.142 e. The van der Waals surface area contributed by atoms with E-state index in [2.05, 4.69) is 15.3 Å². The molecule has 2 aromatic heterocycles. The van der Waals surface area contributed by atoms with Crippen molar-refractivity contribution < 1.29 is 0 Å². The number of nitrogens with zero attached hydrogens (tertiary/aromatic N) is 3. The van der Waals surface area contributed by atoms with Crippen LogP contribution in [0.3, 0.4) is 0 Å². The van der Waals surface area contributed by atoms with Crippen molar-refractivity contribution in [3.8, 4) is 6.07 Å². The number of hydrogen-bond acceptors (Lipinski definition) is 4. The third-order valence-electron chi connectivity index (χ3n) is 2.26. The minimum absolute atomic E-state index is 0.409. The van der Waals surface area contributed by atoms with Gasteiger partial charge in [0, 0.05) is 5.69 Å². The third-order valence-corrected chi connectivity index (χ3v) is 2.26. The standard InChI is InChI=1S/C13H12N4/c1-10-4-2-6-12(16-10)9-15-13-7-3-5-11(8-14)17-13/h2-7H,9H2,1H3,(H,15,17). The number of hydrogen-bond donors (Lipinski definition) is 1. The van der Waals surface area contributed by atoms with E-state index < -0.39 is 0 Å². The normalized spacial score (nSPS) is 9.65. The summed E-state index contributed by atoms with van der Waals surface area (Å²) < 4.78 is 0. The molecule has 0 spiro atoms. The van der Waals surface area contributed by atoms with Gasteiger partial charge in [0.25, 0.3) is 0 Å². The second-order valence-corrected chi connectivity index (χ2v) is 3.64. The number of anilines is 1. The molecule has 0 bridgehead atoms. The molecule has 0 aliphatic carbocycles. The maximum absolute atomic E-state index is 8.73. The maximum atomic E-state index is 8.73. The second-order valence-electron chi connectivity index (χ2n) is 3.64. The minimum atomic E-state index is 0.409. The van der Waals surface area contributed by atoms with Gasteiger partial charge in [-0.05, 0) is 31.2 Å². The average molecular weight is 224 g/mol. The summed E-state index contributed by atoms with van der Waals surface area (Å²) in [5.41, 5.74) is 2.35. The van der Waals surface area contributed by atoms with E-state index >= 15 is 0 Å². The lowest BCUT2D eigenvalue weighted by Crippen LogP contribution is -2.04. The van der Waals surface area contributed by atoms with Crippen molar-refractivity contribution >= 4 is 5.82 Å². The highest BCUT2D eigenvalue weighted by molar-refractivity contribution is 5.38. The molecule has 17 heavy (non-hydrogen) atoms. The number of aromatic nitrogens is 2. The van der Waals surface area contributed by atoms with Crippen LogP contribution in [0.25, 0.3) is 0 Å². The summed E-state index contributed by atoms with van der Waals surface area (Å²) in [6.07, 6.45) is 0. The van der Waals surface area contributed by atoms with Gasteiger partial charge in [-0.2, -0.15) is 5.26 Å². The summed E-state index contributed by atoms with van der Waals surface area (Å²) in [5.74, 6) is 0.687. The van der Waals surface area contributed by atoms with Crippen LogP contribution in [-0.4, -0.2) is 9.97 Å². The van der Waals surface area contributed by atoms with Gasteiger partial charge >= 0.3 is 0 Å². The number of nitrogens with one attached hydrogen (secondary N) is 1. The Bertz CT molecular complexity index is 557. The van der Waals surface area contributed by atoms with E-state index in [0.29, 0.717) is 18.1 Å². The topological polar surface area (TPSA) is 61.6 Å². The van der Waals surface area contributed by atoms with Gasteiger partial charge < -0.3 is 5.32 Å². The number of nitriles is 1. The largest absolute Gasteiger partial charge is 0.364 e. The Labute approximate surface area is 100.0 Å². The Morgan fingerprint density at radius 1 is 1.18 bits per heavy atom. The first-order valence-electron chi connectivity index (χ1n) is 5.31. The Morgan fingerprint density at radius 2 is 2.00 bits per heavy atom. The second kappa shape index (κ2) is 5.08. The first-order valence-corrected chi connectivity index (χ1v) is 5.31. The summed E-state index contributed by atoms with van der Waals surface area (Å²) >= 11 is 0. The Kier molecular flexibility index (Phi) is 3.31. The van der Waals surface area contributed by atoms with E-state index in [9.17, 15) is 0 Å². The van der Waals surface area contributed by atoms with E-state index in [0.717, 1.165) is 11.4 Å². The summed E-state index contributed by atoms with van der Waals surface area (Å²) in [7, 11) is 0. The molecule has 0 saturated carbocycles. The molecule has 0 saturated heterocycles. The summed E-state index contributed by atoms with van der Waals surface area (Å²) in [6, 6.07) is 13.2. The fourth-order valence-electron chi connectivity index (χ4n) is 1.47. The fourth-order valence-corrected chi connectivity index (χ4v) is 1.47. The molecule has 4 nitrogen and oxygen atoms in total. The zero-order valence-electron chi connectivity index (χ0n) is 9.51. The van der Waals surface area contributed by atoms with Crippen LogP contribution in [0.1, 0.15) is 17.1 Å². The predicted octanol–water partition coefficient (Wildman–Crippen LogP) is 2.27. The monoisotopic (exact) mass is 224 g/mol. The van der Waals surface area contributed by atoms with E-state index in [1.54, 1.807) is 12.1 Å². The molecule has 84 valence electrons. The molecule has 0 unspecified atom stereocenters. The molecule has 1 N–H and O–H groups in total. The van der Waals surface area contributed by atoms with Crippen LogP contribution in [0.5, 0.6) is 0 Å². The van der Waals surface area contributed by atoms with E-state index in [-0.39, 0.29) is 0 Å². The van der Waals surface area contributed by atoms with Gasteiger partial charge in [0.05, 0.1) is 12.2 Å². The van der Waals surface area contributed by atoms with Crippen LogP contribution in [-0.2, 0) is 6.54 Å². The molecule has 0 aliphatic rings. The number of rotatable bonds is 3. The van der Waals surface area contributed by atoms with Gasteiger partial charge in [-0.1, -0.05) is 12.1 Å². The summed E-state index contributed by atoms with van der Waals surface area (Å²) in [6.45, 7) is 2.56.